The molecule has 0 unspecified atom stereocenters. The molecule has 170 valence electrons. The largest absolute Gasteiger partial charge is 0.463 e. The minimum absolute atomic E-state index is 0.00275. The van der Waals surface area contributed by atoms with Gasteiger partial charge >= 0.3 is 5.97 Å². The first-order valence-electron chi connectivity index (χ1n) is 10.5. The van der Waals surface area contributed by atoms with Crippen LogP contribution in [0.15, 0.2) is 55.6 Å². The van der Waals surface area contributed by atoms with E-state index in [9.17, 15) is 14.4 Å². The van der Waals surface area contributed by atoms with Crippen LogP contribution in [-0.4, -0.2) is 42.1 Å². The lowest BCUT2D eigenvalue weighted by atomic mass is 9.98. The third-order valence-electron chi connectivity index (χ3n) is 4.65. The van der Waals surface area contributed by atoms with Gasteiger partial charge in [0.1, 0.15) is 6.61 Å². The Balaban J connectivity index is 2.81. The number of unbranched alkanes of at least 4 members (excludes halogenated alkanes) is 1. The van der Waals surface area contributed by atoms with Crippen LogP contribution >= 0.6 is 0 Å². The Bertz CT molecular complexity index is 720. The van der Waals surface area contributed by atoms with Crippen LogP contribution in [0.3, 0.4) is 0 Å². The predicted molar refractivity (Wildman–Crippen MR) is 120 cm³/mol. The van der Waals surface area contributed by atoms with Gasteiger partial charge in [-0.3, -0.25) is 14.4 Å². The fourth-order valence-corrected chi connectivity index (χ4v) is 2.92. The summed E-state index contributed by atoms with van der Waals surface area (Å²) in [6, 6.07) is 8.29. The number of aliphatic hydroxyl groups is 1. The number of amides is 2. The van der Waals surface area contributed by atoms with Gasteiger partial charge in [0.2, 0.25) is 11.8 Å². The summed E-state index contributed by atoms with van der Waals surface area (Å²) >= 11 is 0. The van der Waals surface area contributed by atoms with Gasteiger partial charge in [0.15, 0.2) is 0 Å². The normalized spacial score (nSPS) is 13.4. The van der Waals surface area contributed by atoms with Crippen molar-refractivity contribution in [3.8, 4) is 0 Å². The second kappa shape index (κ2) is 15.0. The predicted octanol–water partition coefficient (Wildman–Crippen LogP) is 2.82. The van der Waals surface area contributed by atoms with Crippen LogP contribution in [0.25, 0.3) is 0 Å². The summed E-state index contributed by atoms with van der Waals surface area (Å²) in [4.78, 5) is 37.1. The zero-order chi connectivity index (χ0) is 23.1. The lowest BCUT2D eigenvalue weighted by Crippen LogP contribution is -2.40. The smallest absolute Gasteiger partial charge is 0.305 e. The van der Waals surface area contributed by atoms with Crippen molar-refractivity contribution in [2.45, 2.75) is 51.1 Å². The van der Waals surface area contributed by atoms with E-state index in [4.69, 9.17) is 9.84 Å². The van der Waals surface area contributed by atoms with E-state index < -0.39 is 18.0 Å². The topological polar surface area (TPSA) is 105 Å². The molecule has 3 N–H and O–H groups in total. The lowest BCUT2D eigenvalue weighted by molar-refractivity contribution is -0.145. The zero-order valence-electron chi connectivity index (χ0n) is 18.2. The van der Waals surface area contributed by atoms with Gasteiger partial charge in [-0.15, -0.1) is 13.2 Å². The van der Waals surface area contributed by atoms with E-state index in [0.717, 1.165) is 12.0 Å². The van der Waals surface area contributed by atoms with Gasteiger partial charge in [-0.25, -0.2) is 0 Å². The summed E-state index contributed by atoms with van der Waals surface area (Å²) in [5.41, 5.74) is 0.797. The number of benzene rings is 1. The van der Waals surface area contributed by atoms with Crippen LogP contribution in [0.2, 0.25) is 0 Å². The maximum Gasteiger partial charge on any atom is 0.305 e. The van der Waals surface area contributed by atoms with Gasteiger partial charge in [0.05, 0.1) is 18.6 Å². The molecule has 7 nitrogen and oxygen atoms in total. The molecule has 0 heterocycles. The number of hydrogen-bond donors (Lipinski definition) is 3. The summed E-state index contributed by atoms with van der Waals surface area (Å²) in [6.45, 7) is 8.79. The summed E-state index contributed by atoms with van der Waals surface area (Å²) in [5.74, 6) is -1.62. The number of carbonyl (C=O) groups is 3. The Morgan fingerprint density at radius 1 is 1.13 bits per heavy atom. The molecule has 7 heteroatoms. The first-order valence-corrected chi connectivity index (χ1v) is 10.5. The molecule has 1 aromatic carbocycles. The van der Waals surface area contributed by atoms with Crippen LogP contribution < -0.4 is 10.6 Å². The Kier molecular flexibility index (Phi) is 12.6. The highest BCUT2D eigenvalue weighted by atomic mass is 16.5. The molecule has 0 aromatic heterocycles. The molecule has 1 aromatic rings. The molecule has 0 bridgehead atoms. The summed E-state index contributed by atoms with van der Waals surface area (Å²) < 4.78 is 5.38. The Morgan fingerprint density at radius 2 is 1.84 bits per heavy atom. The van der Waals surface area contributed by atoms with Crippen molar-refractivity contribution in [1.82, 2.24) is 10.6 Å². The van der Waals surface area contributed by atoms with Gasteiger partial charge in [0.25, 0.3) is 0 Å². The molecule has 0 radical (unpaired) electrons. The maximum absolute atomic E-state index is 12.9. The van der Waals surface area contributed by atoms with E-state index >= 15 is 0 Å². The second-order valence-electron chi connectivity index (χ2n) is 7.41. The number of allylic oxidation sites excluding steroid dienone is 2. The molecule has 0 fully saturated rings. The molecule has 31 heavy (non-hydrogen) atoms. The van der Waals surface area contributed by atoms with Gasteiger partial charge < -0.3 is 20.5 Å². The second-order valence-corrected chi connectivity index (χ2v) is 7.41. The molecule has 3 atom stereocenters. The molecule has 0 aliphatic carbocycles. The monoisotopic (exact) mass is 430 g/mol. The van der Waals surface area contributed by atoms with Crippen LogP contribution in [0, 0.1) is 5.92 Å². The standard InChI is InChI=1S/C24H34N2O5/c1-4-6-8-14-23(29)31-17-21(19-12-9-7-10-13-19)26-24(30)20(11-5-2)15-22(28)25-18(3)16-27/h4-5,7,9-10,12-13,18,20-21,27H,1-2,6,8,11,14-17H2,3H3,(H,25,28)(H,26,30)/t18-,20+,21-/m0/s1. The van der Waals surface area contributed by atoms with Crippen molar-refractivity contribution in [2.24, 2.45) is 5.92 Å². The Labute approximate surface area is 184 Å². The molecule has 0 saturated carbocycles. The number of rotatable bonds is 15. The van der Waals surface area contributed by atoms with E-state index in [2.05, 4.69) is 23.8 Å². The van der Waals surface area contributed by atoms with E-state index in [1.54, 1.807) is 19.1 Å². The number of aliphatic hydroxyl groups excluding tert-OH is 1. The molecular weight excluding hydrogens is 396 g/mol. The fraction of sp³-hybridized carbons (Fsp3) is 0.458. The highest BCUT2D eigenvalue weighted by Crippen LogP contribution is 2.17. The van der Waals surface area contributed by atoms with E-state index in [-0.39, 0.29) is 43.8 Å². The molecule has 2 amide bonds. The average Bonchev–Trinajstić information content (AvgIpc) is 2.76. The summed E-state index contributed by atoms with van der Waals surface area (Å²) in [6.07, 6.45) is 5.29. The van der Waals surface area contributed by atoms with Gasteiger partial charge in [-0.2, -0.15) is 0 Å². The highest BCUT2D eigenvalue weighted by molar-refractivity contribution is 5.86. The van der Waals surface area contributed by atoms with Crippen LogP contribution in [-0.2, 0) is 19.1 Å². The van der Waals surface area contributed by atoms with Gasteiger partial charge in [-0.1, -0.05) is 42.5 Å². The summed E-state index contributed by atoms with van der Waals surface area (Å²) in [5, 5.41) is 14.6. The van der Waals surface area contributed by atoms with E-state index in [1.165, 1.54) is 0 Å². The van der Waals surface area contributed by atoms with Gasteiger partial charge in [-0.05, 0) is 31.7 Å². The molecule has 0 saturated heterocycles. The van der Waals surface area contributed by atoms with Crippen molar-refractivity contribution in [1.29, 1.82) is 0 Å². The number of carbonyl (C=O) groups excluding carboxylic acids is 3. The highest BCUT2D eigenvalue weighted by Gasteiger charge is 2.25. The molecule has 1 rings (SSSR count). The molecule has 0 spiro atoms. The molecule has 0 aliphatic heterocycles. The summed E-state index contributed by atoms with van der Waals surface area (Å²) in [7, 11) is 0. The quantitative estimate of drug-likeness (QED) is 0.225. The minimum Gasteiger partial charge on any atom is -0.463 e. The van der Waals surface area contributed by atoms with Crippen LogP contribution in [0.4, 0.5) is 0 Å². The number of ether oxygens (including phenoxy) is 1. The van der Waals surface area contributed by atoms with Crippen LogP contribution in [0.1, 0.15) is 50.6 Å². The number of esters is 1. The maximum atomic E-state index is 12.9. The Hall–Kier alpha value is -2.93. The van der Waals surface area contributed by atoms with Crippen molar-refractivity contribution in [3.05, 3.63) is 61.2 Å². The van der Waals surface area contributed by atoms with Crippen molar-refractivity contribution in [2.75, 3.05) is 13.2 Å². The first-order chi connectivity index (χ1) is 14.9. The lowest BCUT2D eigenvalue weighted by Gasteiger charge is -2.23. The number of hydrogen-bond acceptors (Lipinski definition) is 5. The first kappa shape index (κ1) is 26.1. The molecule has 0 aliphatic rings. The average molecular weight is 431 g/mol. The van der Waals surface area contributed by atoms with E-state index in [1.807, 2.05) is 30.3 Å². The fourth-order valence-electron chi connectivity index (χ4n) is 2.92. The zero-order valence-corrected chi connectivity index (χ0v) is 18.2. The van der Waals surface area contributed by atoms with Gasteiger partial charge in [0, 0.05) is 18.9 Å². The SMILES string of the molecule is C=CCCCC(=O)OC[C@H](NC(=O)[C@H](CC=C)CC(=O)N[C@@H](C)CO)c1ccccc1. The Morgan fingerprint density at radius 3 is 2.45 bits per heavy atom. The minimum atomic E-state index is -0.627. The van der Waals surface area contributed by atoms with Crippen molar-refractivity contribution >= 4 is 17.8 Å². The van der Waals surface area contributed by atoms with Crippen molar-refractivity contribution in [3.63, 3.8) is 0 Å². The third kappa shape index (κ3) is 10.6. The van der Waals surface area contributed by atoms with E-state index in [0.29, 0.717) is 12.8 Å². The van der Waals surface area contributed by atoms with Crippen molar-refractivity contribution < 1.29 is 24.2 Å². The van der Waals surface area contributed by atoms with Crippen LogP contribution in [0.5, 0.6) is 0 Å². The number of nitrogens with one attached hydrogen (secondary N) is 2. The molecular formula is C24H34N2O5. The third-order valence-corrected chi connectivity index (χ3v) is 4.65.